The van der Waals surface area contributed by atoms with E-state index in [0.29, 0.717) is 6.04 Å². The van der Waals surface area contributed by atoms with Gasteiger partial charge < -0.3 is 10.6 Å². The lowest BCUT2D eigenvalue weighted by molar-refractivity contribution is 0.169. The standard InChI is InChI=1S/C16H23N5/c1-20-9-3-2-7-15(20)8-10-21-12-18-16(19-21)13-5-4-6-14(17)11-13/h4-6,11-12,15H,2-3,7-10,17H2,1H3. The molecule has 5 heteroatoms. The Morgan fingerprint density at radius 3 is 3.05 bits per heavy atom. The molecule has 0 amide bonds. The summed E-state index contributed by atoms with van der Waals surface area (Å²) in [5.41, 5.74) is 7.53. The molecule has 112 valence electrons. The number of nitrogens with zero attached hydrogens (tertiary/aromatic N) is 4. The SMILES string of the molecule is CN1CCCCC1CCn1cnc(-c2cccc(N)c2)n1. The van der Waals surface area contributed by atoms with Gasteiger partial charge in [-0.2, -0.15) is 5.10 Å². The smallest absolute Gasteiger partial charge is 0.181 e. The molecular formula is C16H23N5. The monoisotopic (exact) mass is 285 g/mol. The van der Waals surface area contributed by atoms with Gasteiger partial charge in [-0.1, -0.05) is 18.6 Å². The highest BCUT2D eigenvalue weighted by Gasteiger charge is 2.18. The number of benzene rings is 1. The normalized spacial score (nSPS) is 19.8. The Balaban J connectivity index is 1.62. The van der Waals surface area contributed by atoms with E-state index in [2.05, 4.69) is 22.0 Å². The van der Waals surface area contributed by atoms with Crippen molar-refractivity contribution in [3.8, 4) is 11.4 Å². The number of anilines is 1. The van der Waals surface area contributed by atoms with Crippen molar-refractivity contribution in [3.05, 3.63) is 30.6 Å². The van der Waals surface area contributed by atoms with Gasteiger partial charge in [0.15, 0.2) is 5.82 Å². The van der Waals surface area contributed by atoms with Crippen LogP contribution in [0.3, 0.4) is 0 Å². The molecule has 3 rings (SSSR count). The van der Waals surface area contributed by atoms with Crippen molar-refractivity contribution in [1.29, 1.82) is 0 Å². The molecule has 0 radical (unpaired) electrons. The number of nitrogen functional groups attached to an aromatic ring is 1. The molecule has 0 saturated carbocycles. The zero-order chi connectivity index (χ0) is 14.7. The Morgan fingerprint density at radius 1 is 1.33 bits per heavy atom. The van der Waals surface area contributed by atoms with E-state index in [4.69, 9.17) is 5.73 Å². The number of aromatic nitrogens is 3. The minimum Gasteiger partial charge on any atom is -0.399 e. The minimum atomic E-state index is 0.679. The molecule has 1 fully saturated rings. The number of hydrogen-bond acceptors (Lipinski definition) is 4. The Labute approximate surface area is 125 Å². The van der Waals surface area contributed by atoms with Crippen LogP contribution in [0, 0.1) is 0 Å². The van der Waals surface area contributed by atoms with Crippen LogP contribution >= 0.6 is 0 Å². The molecule has 1 aliphatic rings. The van der Waals surface area contributed by atoms with E-state index in [1.807, 2.05) is 35.3 Å². The Hall–Kier alpha value is -1.88. The molecule has 2 aromatic rings. The molecule has 5 nitrogen and oxygen atoms in total. The van der Waals surface area contributed by atoms with Gasteiger partial charge in [0.25, 0.3) is 0 Å². The average molecular weight is 285 g/mol. The summed E-state index contributed by atoms with van der Waals surface area (Å²) in [7, 11) is 2.23. The van der Waals surface area contributed by atoms with Crippen molar-refractivity contribution in [3.63, 3.8) is 0 Å². The van der Waals surface area contributed by atoms with Gasteiger partial charge in [-0.15, -0.1) is 0 Å². The van der Waals surface area contributed by atoms with Gasteiger partial charge in [-0.3, -0.25) is 4.68 Å². The summed E-state index contributed by atoms with van der Waals surface area (Å²) in [5, 5.41) is 4.56. The minimum absolute atomic E-state index is 0.679. The molecule has 0 aliphatic carbocycles. The van der Waals surface area contributed by atoms with Crippen LogP contribution in [-0.2, 0) is 6.54 Å². The molecule has 1 atom stereocenters. The van der Waals surface area contributed by atoms with Crippen LogP contribution in [0.15, 0.2) is 30.6 Å². The third-order valence-electron chi connectivity index (χ3n) is 4.29. The van der Waals surface area contributed by atoms with Gasteiger partial charge >= 0.3 is 0 Å². The third-order valence-corrected chi connectivity index (χ3v) is 4.29. The maximum atomic E-state index is 5.81. The first kappa shape index (κ1) is 14.1. The second-order valence-corrected chi connectivity index (χ2v) is 5.88. The second kappa shape index (κ2) is 6.26. The van der Waals surface area contributed by atoms with Gasteiger partial charge in [-0.05, 0) is 45.0 Å². The predicted molar refractivity (Wildman–Crippen MR) is 84.8 cm³/mol. The first-order valence-electron chi connectivity index (χ1n) is 7.68. The molecule has 21 heavy (non-hydrogen) atoms. The molecule has 1 saturated heterocycles. The van der Waals surface area contributed by atoms with Crippen LogP contribution in [0.1, 0.15) is 25.7 Å². The fraction of sp³-hybridized carbons (Fsp3) is 0.500. The average Bonchev–Trinajstić information content (AvgIpc) is 2.95. The summed E-state index contributed by atoms with van der Waals surface area (Å²) in [6.45, 7) is 2.14. The van der Waals surface area contributed by atoms with Crippen molar-refractivity contribution < 1.29 is 0 Å². The Kier molecular flexibility index (Phi) is 4.20. The molecular weight excluding hydrogens is 262 g/mol. The maximum Gasteiger partial charge on any atom is 0.181 e. The van der Waals surface area contributed by atoms with E-state index in [0.717, 1.165) is 30.0 Å². The topological polar surface area (TPSA) is 60.0 Å². The highest BCUT2D eigenvalue weighted by atomic mass is 15.3. The van der Waals surface area contributed by atoms with Crippen molar-refractivity contribution in [2.75, 3.05) is 19.3 Å². The van der Waals surface area contributed by atoms with Gasteiger partial charge in [-0.25, -0.2) is 4.98 Å². The summed E-state index contributed by atoms with van der Waals surface area (Å²) < 4.78 is 1.95. The third kappa shape index (κ3) is 3.42. The van der Waals surface area contributed by atoms with Crippen LogP contribution in [0.5, 0.6) is 0 Å². The van der Waals surface area contributed by atoms with Gasteiger partial charge in [0.05, 0.1) is 0 Å². The fourth-order valence-corrected chi connectivity index (χ4v) is 3.00. The van der Waals surface area contributed by atoms with E-state index in [1.54, 1.807) is 0 Å². The quantitative estimate of drug-likeness (QED) is 0.876. The van der Waals surface area contributed by atoms with Crippen molar-refractivity contribution in [2.24, 2.45) is 0 Å². The first-order chi connectivity index (χ1) is 10.2. The molecule has 1 unspecified atom stereocenters. The fourth-order valence-electron chi connectivity index (χ4n) is 3.00. The van der Waals surface area contributed by atoms with Crippen LogP contribution < -0.4 is 5.73 Å². The summed E-state index contributed by atoms with van der Waals surface area (Å²) >= 11 is 0. The summed E-state index contributed by atoms with van der Waals surface area (Å²) in [4.78, 5) is 6.86. The predicted octanol–water partition coefficient (Wildman–Crippen LogP) is 2.40. The molecule has 1 aliphatic heterocycles. The maximum absolute atomic E-state index is 5.81. The molecule has 0 bridgehead atoms. The Bertz CT molecular complexity index is 592. The molecule has 2 heterocycles. The number of nitrogens with two attached hydrogens (primary N) is 1. The van der Waals surface area contributed by atoms with Gasteiger partial charge in [0, 0.05) is 23.8 Å². The molecule has 2 N–H and O–H groups in total. The van der Waals surface area contributed by atoms with Crippen LogP contribution in [0.4, 0.5) is 5.69 Å². The highest BCUT2D eigenvalue weighted by Crippen LogP contribution is 2.19. The summed E-state index contributed by atoms with van der Waals surface area (Å²) in [5.74, 6) is 0.749. The second-order valence-electron chi connectivity index (χ2n) is 5.88. The first-order valence-corrected chi connectivity index (χ1v) is 7.68. The number of aryl methyl sites for hydroxylation is 1. The number of hydrogen-bond donors (Lipinski definition) is 1. The van der Waals surface area contributed by atoms with E-state index < -0.39 is 0 Å². The van der Waals surface area contributed by atoms with E-state index in [1.165, 1.54) is 25.8 Å². The van der Waals surface area contributed by atoms with Crippen LogP contribution in [0.2, 0.25) is 0 Å². The van der Waals surface area contributed by atoms with Gasteiger partial charge in [0.1, 0.15) is 6.33 Å². The van der Waals surface area contributed by atoms with E-state index in [9.17, 15) is 0 Å². The lowest BCUT2D eigenvalue weighted by atomic mass is 10.0. The van der Waals surface area contributed by atoms with E-state index >= 15 is 0 Å². The number of piperidine rings is 1. The number of likely N-dealkylation sites (tertiary alicyclic amines) is 1. The zero-order valence-corrected chi connectivity index (χ0v) is 12.6. The van der Waals surface area contributed by atoms with Crippen LogP contribution in [0.25, 0.3) is 11.4 Å². The zero-order valence-electron chi connectivity index (χ0n) is 12.6. The van der Waals surface area contributed by atoms with E-state index in [-0.39, 0.29) is 0 Å². The van der Waals surface area contributed by atoms with Gasteiger partial charge in [0.2, 0.25) is 0 Å². The molecule has 1 aromatic heterocycles. The largest absolute Gasteiger partial charge is 0.399 e. The highest BCUT2D eigenvalue weighted by molar-refractivity contribution is 5.60. The Morgan fingerprint density at radius 2 is 2.24 bits per heavy atom. The van der Waals surface area contributed by atoms with Crippen molar-refractivity contribution in [2.45, 2.75) is 38.3 Å². The molecule has 0 spiro atoms. The van der Waals surface area contributed by atoms with Crippen LogP contribution in [-0.4, -0.2) is 39.3 Å². The molecule has 1 aromatic carbocycles. The number of rotatable bonds is 4. The summed E-state index contributed by atoms with van der Waals surface area (Å²) in [6, 6.07) is 8.39. The lowest BCUT2D eigenvalue weighted by Gasteiger charge is -2.32. The van der Waals surface area contributed by atoms with Crippen molar-refractivity contribution in [1.82, 2.24) is 19.7 Å². The summed E-state index contributed by atoms with van der Waals surface area (Å²) in [6.07, 6.45) is 6.93. The van der Waals surface area contributed by atoms with Crippen molar-refractivity contribution >= 4 is 5.69 Å². The lowest BCUT2D eigenvalue weighted by Crippen LogP contribution is -2.36.